The third-order valence-electron chi connectivity index (χ3n) is 3.81. The zero-order valence-electron chi connectivity index (χ0n) is 12.6. The third-order valence-corrected chi connectivity index (χ3v) is 3.81. The first kappa shape index (κ1) is 14.9. The first-order chi connectivity index (χ1) is 12.1. The maximum absolute atomic E-state index is 12.2. The van der Waals surface area contributed by atoms with Gasteiger partial charge in [0, 0.05) is 18.8 Å². The quantitative estimate of drug-likeness (QED) is 0.565. The summed E-state index contributed by atoms with van der Waals surface area (Å²) in [4.78, 5) is 32.2. The third kappa shape index (κ3) is 2.31. The molecule has 0 aliphatic carbocycles. The minimum absolute atomic E-state index is 0.0832. The summed E-state index contributed by atoms with van der Waals surface area (Å²) >= 11 is 0. The van der Waals surface area contributed by atoms with Gasteiger partial charge in [0.15, 0.2) is 22.7 Å². The van der Waals surface area contributed by atoms with E-state index in [2.05, 4.69) is 9.97 Å². The fraction of sp³-hybridized carbons (Fsp3) is 0.0588. The van der Waals surface area contributed by atoms with E-state index in [1.807, 2.05) is 0 Å². The lowest BCUT2D eigenvalue weighted by Gasteiger charge is -2.07. The molecular formula is C17H10N2O6. The topological polar surface area (TPSA) is 127 Å². The maximum atomic E-state index is 12.2. The Balaban J connectivity index is 1.95. The lowest BCUT2D eigenvalue weighted by molar-refractivity contribution is 0.446. The average Bonchev–Trinajstić information content (AvgIpc) is 2.61. The average molecular weight is 338 g/mol. The Morgan fingerprint density at radius 1 is 0.800 bits per heavy atom. The number of fused-ring (bicyclic) bond motifs is 2. The molecule has 4 rings (SSSR count). The second-order valence-electron chi connectivity index (χ2n) is 5.31. The normalized spacial score (nSPS) is 11.2. The fourth-order valence-corrected chi connectivity index (χ4v) is 2.59. The van der Waals surface area contributed by atoms with E-state index in [1.165, 1.54) is 24.5 Å². The molecule has 8 nitrogen and oxygen atoms in total. The molecule has 0 saturated carbocycles. The van der Waals surface area contributed by atoms with Gasteiger partial charge >= 0.3 is 11.3 Å². The monoisotopic (exact) mass is 338 g/mol. The SMILES string of the molecule is O=c1oc2cccnc2c(O)c1Cc1c(O)c2ncccc2oc1=O. The summed E-state index contributed by atoms with van der Waals surface area (Å²) < 4.78 is 10.2. The number of hydrogen-bond donors (Lipinski definition) is 2. The van der Waals surface area contributed by atoms with Crippen LogP contribution in [0, 0.1) is 0 Å². The number of aromatic nitrogens is 2. The Morgan fingerprint density at radius 3 is 1.68 bits per heavy atom. The van der Waals surface area contributed by atoms with Gasteiger partial charge in [-0.25, -0.2) is 19.6 Å². The molecule has 2 N–H and O–H groups in total. The molecule has 4 aromatic rings. The van der Waals surface area contributed by atoms with E-state index in [0.717, 1.165) is 0 Å². The Bertz CT molecular complexity index is 1140. The van der Waals surface area contributed by atoms with Crippen molar-refractivity contribution < 1.29 is 19.0 Å². The fourth-order valence-electron chi connectivity index (χ4n) is 2.59. The molecule has 0 radical (unpaired) electrons. The molecule has 0 fully saturated rings. The first-order valence-corrected chi connectivity index (χ1v) is 7.25. The molecular weight excluding hydrogens is 328 g/mol. The number of hydrogen-bond acceptors (Lipinski definition) is 8. The van der Waals surface area contributed by atoms with E-state index in [0.29, 0.717) is 0 Å². The summed E-state index contributed by atoms with van der Waals surface area (Å²) in [5, 5.41) is 20.7. The molecule has 4 heterocycles. The van der Waals surface area contributed by atoms with Crippen molar-refractivity contribution in [2.45, 2.75) is 6.42 Å². The number of aromatic hydroxyl groups is 2. The van der Waals surface area contributed by atoms with Crippen LogP contribution in [0.1, 0.15) is 11.1 Å². The standard InChI is InChI=1S/C17H10N2O6/c20-14-8(16(22)24-10-3-1-5-18-12(10)14)7-9-15(21)13-11(25-17(9)23)4-2-6-19-13/h1-6,20-21H,7H2. The molecule has 124 valence electrons. The summed E-state index contributed by atoms with van der Waals surface area (Å²) in [6.45, 7) is 0. The zero-order valence-corrected chi connectivity index (χ0v) is 12.6. The van der Waals surface area contributed by atoms with Crippen LogP contribution in [-0.4, -0.2) is 20.2 Å². The Labute approximate surface area is 138 Å². The largest absolute Gasteiger partial charge is 0.505 e. The van der Waals surface area contributed by atoms with Crippen LogP contribution in [-0.2, 0) is 6.42 Å². The molecule has 0 bridgehead atoms. The van der Waals surface area contributed by atoms with Crippen LogP contribution in [0.2, 0.25) is 0 Å². The highest BCUT2D eigenvalue weighted by Gasteiger charge is 2.21. The van der Waals surface area contributed by atoms with E-state index in [-0.39, 0.29) is 39.7 Å². The number of rotatable bonds is 2. The second kappa shape index (κ2) is 5.45. The van der Waals surface area contributed by atoms with Crippen molar-refractivity contribution in [3.05, 3.63) is 68.6 Å². The molecule has 0 amide bonds. The molecule has 0 aromatic carbocycles. The van der Waals surface area contributed by atoms with Gasteiger partial charge in [0.2, 0.25) is 0 Å². The van der Waals surface area contributed by atoms with Gasteiger partial charge in [0.1, 0.15) is 11.0 Å². The van der Waals surface area contributed by atoms with Crippen LogP contribution in [0.15, 0.2) is 55.1 Å². The summed E-state index contributed by atoms with van der Waals surface area (Å²) in [5.41, 5.74) is -1.68. The van der Waals surface area contributed by atoms with E-state index in [4.69, 9.17) is 8.83 Å². The summed E-state index contributed by atoms with van der Waals surface area (Å²) in [6, 6.07) is 6.08. The summed E-state index contributed by atoms with van der Waals surface area (Å²) in [5.74, 6) is -0.821. The summed E-state index contributed by atoms with van der Waals surface area (Å²) in [7, 11) is 0. The highest BCUT2D eigenvalue weighted by molar-refractivity contribution is 5.81. The van der Waals surface area contributed by atoms with Crippen LogP contribution in [0.4, 0.5) is 0 Å². The lowest BCUT2D eigenvalue weighted by Crippen LogP contribution is -2.15. The van der Waals surface area contributed by atoms with Crippen molar-refractivity contribution in [3.8, 4) is 11.5 Å². The van der Waals surface area contributed by atoms with Crippen LogP contribution in [0.3, 0.4) is 0 Å². The molecule has 0 unspecified atom stereocenters. The Morgan fingerprint density at radius 2 is 1.24 bits per heavy atom. The summed E-state index contributed by atoms with van der Waals surface area (Å²) in [6.07, 6.45) is 2.47. The molecule has 25 heavy (non-hydrogen) atoms. The highest BCUT2D eigenvalue weighted by Crippen LogP contribution is 2.29. The Kier molecular flexibility index (Phi) is 3.24. The van der Waals surface area contributed by atoms with Crippen molar-refractivity contribution >= 4 is 22.2 Å². The van der Waals surface area contributed by atoms with Gasteiger partial charge in [-0.3, -0.25) is 0 Å². The van der Waals surface area contributed by atoms with Crippen molar-refractivity contribution in [2.75, 3.05) is 0 Å². The number of nitrogens with zero attached hydrogens (tertiary/aromatic N) is 2. The van der Waals surface area contributed by atoms with Gasteiger partial charge in [-0.1, -0.05) is 0 Å². The van der Waals surface area contributed by atoms with Crippen molar-refractivity contribution in [1.29, 1.82) is 0 Å². The molecule has 8 heteroatoms. The lowest BCUT2D eigenvalue weighted by atomic mass is 10.1. The molecule has 0 saturated heterocycles. The number of pyridine rings is 2. The second-order valence-corrected chi connectivity index (χ2v) is 5.31. The minimum Gasteiger partial charge on any atom is -0.505 e. The van der Waals surface area contributed by atoms with Crippen molar-refractivity contribution in [2.24, 2.45) is 0 Å². The van der Waals surface area contributed by atoms with Crippen LogP contribution in [0.5, 0.6) is 11.5 Å². The molecule has 4 aromatic heterocycles. The van der Waals surface area contributed by atoms with E-state index >= 15 is 0 Å². The highest BCUT2D eigenvalue weighted by atomic mass is 16.4. The van der Waals surface area contributed by atoms with Crippen LogP contribution in [0.25, 0.3) is 22.2 Å². The van der Waals surface area contributed by atoms with Gasteiger partial charge in [-0.2, -0.15) is 0 Å². The zero-order chi connectivity index (χ0) is 17.6. The molecule has 0 aliphatic rings. The smallest absolute Gasteiger partial charge is 0.343 e. The van der Waals surface area contributed by atoms with Crippen molar-refractivity contribution in [3.63, 3.8) is 0 Å². The van der Waals surface area contributed by atoms with Gasteiger partial charge in [-0.05, 0) is 24.3 Å². The maximum Gasteiger partial charge on any atom is 0.343 e. The van der Waals surface area contributed by atoms with E-state index in [1.54, 1.807) is 12.1 Å². The van der Waals surface area contributed by atoms with Crippen LogP contribution >= 0.6 is 0 Å². The van der Waals surface area contributed by atoms with Crippen LogP contribution < -0.4 is 11.3 Å². The predicted molar refractivity (Wildman–Crippen MR) is 86.7 cm³/mol. The first-order valence-electron chi connectivity index (χ1n) is 7.25. The van der Waals surface area contributed by atoms with E-state index < -0.39 is 22.8 Å². The van der Waals surface area contributed by atoms with Gasteiger partial charge in [0.05, 0.1) is 11.1 Å². The minimum atomic E-state index is -0.835. The van der Waals surface area contributed by atoms with Crippen molar-refractivity contribution in [1.82, 2.24) is 9.97 Å². The molecule has 0 atom stereocenters. The van der Waals surface area contributed by atoms with Gasteiger partial charge in [0.25, 0.3) is 0 Å². The predicted octanol–water partition coefficient (Wildman–Crippen LogP) is 1.69. The van der Waals surface area contributed by atoms with Gasteiger partial charge in [-0.15, -0.1) is 0 Å². The van der Waals surface area contributed by atoms with Gasteiger partial charge < -0.3 is 19.0 Å². The van der Waals surface area contributed by atoms with E-state index in [9.17, 15) is 19.8 Å². The Hall–Kier alpha value is -3.68. The molecule has 0 aliphatic heterocycles. The molecule has 0 spiro atoms.